The zero-order valence-corrected chi connectivity index (χ0v) is 4.27. The highest BCUT2D eigenvalue weighted by Crippen LogP contribution is 2.04. The zero-order chi connectivity index (χ0) is 5.28. The van der Waals surface area contributed by atoms with E-state index in [1.165, 1.54) is 0 Å². The third-order valence-electron chi connectivity index (χ3n) is 0.603. The molecule has 40 valence electrons. The van der Waals surface area contributed by atoms with Gasteiger partial charge in [-0.15, -0.1) is 0 Å². The van der Waals surface area contributed by atoms with E-state index in [0.29, 0.717) is 5.16 Å². The minimum Gasteiger partial charge on any atom is -0.301 e. The van der Waals surface area contributed by atoms with Gasteiger partial charge in [0.15, 0.2) is 6.23 Å². The van der Waals surface area contributed by atoms with Crippen LogP contribution in [-0.4, -0.2) is 6.23 Å². The lowest BCUT2D eigenvalue weighted by Gasteiger charge is -1.95. The summed E-state index contributed by atoms with van der Waals surface area (Å²) in [6, 6.07) is 0. The normalized spacial score (nSPS) is 29.4. The van der Waals surface area contributed by atoms with E-state index in [-0.39, 0.29) is 6.23 Å². The molecule has 1 rings (SSSR count). The van der Waals surface area contributed by atoms with Crippen LogP contribution in [0.5, 0.6) is 0 Å². The van der Waals surface area contributed by atoms with Crippen molar-refractivity contribution in [1.82, 2.24) is 5.48 Å². The van der Waals surface area contributed by atoms with Crippen LogP contribution in [0.3, 0.4) is 0 Å². The molecule has 0 radical (unpaired) electrons. The second kappa shape index (κ2) is 1.69. The molecule has 0 aromatic rings. The van der Waals surface area contributed by atoms with Gasteiger partial charge in [-0.3, -0.25) is 10.3 Å². The van der Waals surface area contributed by atoms with Crippen LogP contribution in [0.25, 0.3) is 0 Å². The van der Waals surface area contributed by atoms with Crippen molar-refractivity contribution in [3.8, 4) is 0 Å². The van der Waals surface area contributed by atoms with E-state index in [0.717, 1.165) is 0 Å². The lowest BCUT2D eigenvalue weighted by atomic mass is 10.6. The molecule has 0 fully saturated rings. The van der Waals surface area contributed by atoms with Crippen LogP contribution in [0.4, 0.5) is 0 Å². The maximum Gasteiger partial charge on any atom is 0.155 e. The van der Waals surface area contributed by atoms with E-state index < -0.39 is 0 Å². The average Bonchev–Trinajstić information content (AvgIpc) is 1.87. The molecular formula is C3H5ClN2O. The van der Waals surface area contributed by atoms with Crippen LogP contribution in [0, 0.1) is 0 Å². The van der Waals surface area contributed by atoms with Gasteiger partial charge in [-0.25, -0.2) is 0 Å². The Hall–Kier alpha value is -0.250. The Morgan fingerprint density at radius 3 is 2.86 bits per heavy atom. The SMILES string of the molecule is NC1C=C(Cl)NO1. The first-order valence-corrected chi connectivity index (χ1v) is 2.21. The predicted octanol–water partition coefficient (Wildman–Crippen LogP) is -0.114. The third kappa shape index (κ3) is 1.06. The quantitative estimate of drug-likeness (QED) is 0.439. The Bertz CT molecular complexity index is 103. The molecule has 3 nitrogen and oxygen atoms in total. The fraction of sp³-hybridized carbons (Fsp3) is 0.333. The lowest BCUT2D eigenvalue weighted by Crippen LogP contribution is -2.20. The van der Waals surface area contributed by atoms with Crippen molar-refractivity contribution in [2.24, 2.45) is 5.73 Å². The van der Waals surface area contributed by atoms with Gasteiger partial charge in [0.1, 0.15) is 5.16 Å². The molecule has 7 heavy (non-hydrogen) atoms. The van der Waals surface area contributed by atoms with Gasteiger partial charge in [0.25, 0.3) is 0 Å². The molecule has 0 saturated carbocycles. The van der Waals surface area contributed by atoms with Crippen LogP contribution >= 0.6 is 11.6 Å². The van der Waals surface area contributed by atoms with E-state index in [1.54, 1.807) is 6.08 Å². The number of nitrogens with two attached hydrogens (primary N) is 1. The lowest BCUT2D eigenvalue weighted by molar-refractivity contribution is 0.0495. The van der Waals surface area contributed by atoms with Crippen LogP contribution in [0.15, 0.2) is 11.2 Å². The van der Waals surface area contributed by atoms with Gasteiger partial charge >= 0.3 is 0 Å². The summed E-state index contributed by atoms with van der Waals surface area (Å²) in [4.78, 5) is 4.57. The van der Waals surface area contributed by atoms with Gasteiger partial charge in [-0.05, 0) is 6.08 Å². The van der Waals surface area contributed by atoms with Crippen LogP contribution in [-0.2, 0) is 4.84 Å². The summed E-state index contributed by atoms with van der Waals surface area (Å²) in [6.45, 7) is 0. The van der Waals surface area contributed by atoms with Crippen LogP contribution < -0.4 is 11.2 Å². The summed E-state index contributed by atoms with van der Waals surface area (Å²) in [5.74, 6) is 0. The molecule has 0 bridgehead atoms. The highest BCUT2D eigenvalue weighted by atomic mass is 35.5. The Morgan fingerprint density at radius 2 is 2.71 bits per heavy atom. The van der Waals surface area contributed by atoms with Gasteiger partial charge in [-0.2, -0.15) is 0 Å². The fourth-order valence-electron chi connectivity index (χ4n) is 0.337. The Labute approximate surface area is 46.0 Å². The average molecular weight is 121 g/mol. The molecule has 1 heterocycles. The smallest absolute Gasteiger partial charge is 0.155 e. The summed E-state index contributed by atoms with van der Waals surface area (Å²) in [5, 5.41) is 0.451. The van der Waals surface area contributed by atoms with E-state index in [9.17, 15) is 0 Å². The third-order valence-corrected chi connectivity index (χ3v) is 0.806. The van der Waals surface area contributed by atoms with E-state index in [4.69, 9.17) is 17.3 Å². The topological polar surface area (TPSA) is 47.3 Å². The van der Waals surface area contributed by atoms with Crippen molar-refractivity contribution in [3.05, 3.63) is 11.2 Å². The molecule has 1 aliphatic heterocycles. The Morgan fingerprint density at radius 1 is 2.00 bits per heavy atom. The molecule has 1 atom stereocenters. The van der Waals surface area contributed by atoms with Crippen molar-refractivity contribution in [2.45, 2.75) is 6.23 Å². The summed E-state index contributed by atoms with van der Waals surface area (Å²) >= 11 is 5.35. The molecule has 0 aromatic carbocycles. The van der Waals surface area contributed by atoms with Gasteiger partial charge in [-0.1, -0.05) is 11.6 Å². The van der Waals surface area contributed by atoms with Crippen molar-refractivity contribution < 1.29 is 4.84 Å². The first kappa shape index (κ1) is 4.90. The largest absolute Gasteiger partial charge is 0.301 e. The van der Waals surface area contributed by atoms with Crippen LogP contribution in [0.1, 0.15) is 0 Å². The van der Waals surface area contributed by atoms with E-state index in [1.807, 2.05) is 0 Å². The first-order chi connectivity index (χ1) is 3.29. The monoisotopic (exact) mass is 120 g/mol. The number of nitrogens with one attached hydrogen (secondary N) is 1. The molecule has 0 saturated heterocycles. The van der Waals surface area contributed by atoms with Crippen LogP contribution in [0.2, 0.25) is 0 Å². The second-order valence-corrected chi connectivity index (χ2v) is 1.61. The molecule has 1 aliphatic rings. The Kier molecular flexibility index (Phi) is 1.19. The van der Waals surface area contributed by atoms with Gasteiger partial charge in [0, 0.05) is 0 Å². The molecule has 0 spiro atoms. The van der Waals surface area contributed by atoms with Crippen molar-refractivity contribution >= 4 is 11.6 Å². The van der Waals surface area contributed by atoms with Crippen molar-refractivity contribution in [3.63, 3.8) is 0 Å². The predicted molar refractivity (Wildman–Crippen MR) is 26.1 cm³/mol. The number of hydrogen-bond acceptors (Lipinski definition) is 3. The van der Waals surface area contributed by atoms with Crippen molar-refractivity contribution in [2.75, 3.05) is 0 Å². The summed E-state index contributed by atoms with van der Waals surface area (Å²) in [5.41, 5.74) is 7.55. The maximum atomic E-state index is 5.35. The molecule has 3 N–H and O–H groups in total. The van der Waals surface area contributed by atoms with Gasteiger partial charge < -0.3 is 5.73 Å². The minimum atomic E-state index is -0.382. The van der Waals surface area contributed by atoms with E-state index in [2.05, 4.69) is 10.3 Å². The minimum absolute atomic E-state index is 0.382. The highest BCUT2D eigenvalue weighted by molar-refractivity contribution is 6.29. The molecule has 0 aromatic heterocycles. The summed E-state index contributed by atoms with van der Waals surface area (Å²) in [6.07, 6.45) is 1.19. The molecule has 4 heteroatoms. The number of halogens is 1. The second-order valence-electron chi connectivity index (χ2n) is 1.20. The maximum absolute atomic E-state index is 5.35. The number of rotatable bonds is 0. The first-order valence-electron chi connectivity index (χ1n) is 1.83. The number of hydrogen-bond donors (Lipinski definition) is 2. The van der Waals surface area contributed by atoms with Crippen molar-refractivity contribution in [1.29, 1.82) is 0 Å². The number of hydroxylamine groups is 1. The summed E-state index contributed by atoms with van der Waals surface area (Å²) < 4.78 is 0. The molecule has 1 unspecified atom stereocenters. The van der Waals surface area contributed by atoms with Gasteiger partial charge in [0.2, 0.25) is 0 Å². The highest BCUT2D eigenvalue weighted by Gasteiger charge is 2.07. The zero-order valence-electron chi connectivity index (χ0n) is 3.52. The molecular weight excluding hydrogens is 115 g/mol. The van der Waals surface area contributed by atoms with Gasteiger partial charge in [0.05, 0.1) is 0 Å². The summed E-state index contributed by atoms with van der Waals surface area (Å²) in [7, 11) is 0. The fourth-order valence-corrected chi connectivity index (χ4v) is 0.505. The standard InChI is InChI=1S/C3H5ClN2O/c4-2-1-3(5)7-6-2/h1,3,6H,5H2. The molecule has 0 amide bonds. The Balaban J connectivity index is 2.50. The van der Waals surface area contributed by atoms with E-state index >= 15 is 0 Å². The molecule has 0 aliphatic carbocycles.